The molecule has 20 heavy (non-hydrogen) atoms. The highest BCUT2D eigenvalue weighted by atomic mass is 79.9. The lowest BCUT2D eigenvalue weighted by molar-refractivity contribution is 0.0507. The van der Waals surface area contributed by atoms with Gasteiger partial charge in [0.15, 0.2) is 0 Å². The van der Waals surface area contributed by atoms with Gasteiger partial charge >= 0.3 is 0 Å². The van der Waals surface area contributed by atoms with Crippen molar-refractivity contribution >= 4 is 15.9 Å². The standard InChI is InChI=1S/C16H24BrNO2/c1-3-18-12-16(8-10-19-13(16)2)9-11-20-15-6-4-14(17)5-7-15/h4-7,13,18H,3,8-12H2,1-2H3. The molecule has 0 aromatic heterocycles. The van der Waals surface area contributed by atoms with Crippen molar-refractivity contribution < 1.29 is 9.47 Å². The van der Waals surface area contributed by atoms with Gasteiger partial charge in [0.2, 0.25) is 0 Å². The molecule has 1 aromatic rings. The molecule has 1 aliphatic rings. The van der Waals surface area contributed by atoms with Gasteiger partial charge < -0.3 is 14.8 Å². The summed E-state index contributed by atoms with van der Waals surface area (Å²) in [6.45, 7) is 7.94. The number of hydrogen-bond acceptors (Lipinski definition) is 3. The van der Waals surface area contributed by atoms with Crippen LogP contribution in [0, 0.1) is 5.41 Å². The van der Waals surface area contributed by atoms with Crippen LogP contribution in [0.15, 0.2) is 28.7 Å². The minimum atomic E-state index is 0.214. The Morgan fingerprint density at radius 3 is 2.75 bits per heavy atom. The number of halogens is 1. The monoisotopic (exact) mass is 341 g/mol. The highest BCUT2D eigenvalue weighted by Crippen LogP contribution is 2.37. The molecule has 0 amide bonds. The largest absolute Gasteiger partial charge is 0.494 e. The number of ether oxygens (including phenoxy) is 2. The van der Waals surface area contributed by atoms with E-state index in [0.29, 0.717) is 6.10 Å². The molecule has 1 aliphatic heterocycles. The van der Waals surface area contributed by atoms with Gasteiger partial charge in [-0.1, -0.05) is 22.9 Å². The van der Waals surface area contributed by atoms with Crippen molar-refractivity contribution in [1.82, 2.24) is 5.32 Å². The average Bonchev–Trinajstić information content (AvgIpc) is 2.81. The molecule has 1 fully saturated rings. The SMILES string of the molecule is CCNCC1(CCOc2ccc(Br)cc2)CCOC1C. The third-order valence-electron chi connectivity index (χ3n) is 4.24. The van der Waals surface area contributed by atoms with Crippen molar-refractivity contribution in [2.45, 2.75) is 32.8 Å². The molecule has 1 N–H and O–H groups in total. The predicted molar refractivity (Wildman–Crippen MR) is 85.3 cm³/mol. The first-order chi connectivity index (χ1) is 9.66. The Bertz CT molecular complexity index is 409. The minimum Gasteiger partial charge on any atom is -0.494 e. The topological polar surface area (TPSA) is 30.5 Å². The second kappa shape index (κ2) is 7.43. The summed E-state index contributed by atoms with van der Waals surface area (Å²) in [6.07, 6.45) is 2.44. The van der Waals surface area contributed by atoms with Crippen LogP contribution in [0.4, 0.5) is 0 Å². The molecule has 112 valence electrons. The normalized spacial score (nSPS) is 25.9. The fourth-order valence-corrected chi connectivity index (χ4v) is 3.01. The lowest BCUT2D eigenvalue weighted by Crippen LogP contribution is -2.40. The van der Waals surface area contributed by atoms with E-state index in [2.05, 4.69) is 35.1 Å². The highest BCUT2D eigenvalue weighted by Gasteiger charge is 2.40. The van der Waals surface area contributed by atoms with Crippen molar-refractivity contribution in [3.05, 3.63) is 28.7 Å². The van der Waals surface area contributed by atoms with Gasteiger partial charge in [0.25, 0.3) is 0 Å². The van der Waals surface area contributed by atoms with Crippen LogP contribution in [0.2, 0.25) is 0 Å². The first-order valence-electron chi connectivity index (χ1n) is 7.37. The number of rotatable bonds is 7. The van der Waals surface area contributed by atoms with E-state index >= 15 is 0 Å². The second-order valence-corrected chi connectivity index (χ2v) is 6.37. The lowest BCUT2D eigenvalue weighted by atomic mass is 9.78. The fourth-order valence-electron chi connectivity index (χ4n) is 2.74. The van der Waals surface area contributed by atoms with Gasteiger partial charge in [-0.3, -0.25) is 0 Å². The summed E-state index contributed by atoms with van der Waals surface area (Å²) in [5, 5.41) is 3.48. The Kier molecular flexibility index (Phi) is 5.87. The Hall–Kier alpha value is -0.580. The van der Waals surface area contributed by atoms with Gasteiger partial charge in [-0.25, -0.2) is 0 Å². The van der Waals surface area contributed by atoms with Crippen LogP contribution in [0.25, 0.3) is 0 Å². The summed E-state index contributed by atoms with van der Waals surface area (Å²) >= 11 is 3.43. The first-order valence-corrected chi connectivity index (χ1v) is 8.16. The van der Waals surface area contributed by atoms with Crippen molar-refractivity contribution in [1.29, 1.82) is 0 Å². The number of hydrogen-bond donors (Lipinski definition) is 1. The lowest BCUT2D eigenvalue weighted by Gasteiger charge is -2.32. The first kappa shape index (κ1) is 15.8. The third-order valence-corrected chi connectivity index (χ3v) is 4.77. The van der Waals surface area contributed by atoms with Crippen LogP contribution >= 0.6 is 15.9 Å². The van der Waals surface area contributed by atoms with Gasteiger partial charge in [0.05, 0.1) is 12.7 Å². The van der Waals surface area contributed by atoms with Crippen LogP contribution in [-0.2, 0) is 4.74 Å². The van der Waals surface area contributed by atoms with Crippen LogP contribution in [0.1, 0.15) is 26.7 Å². The van der Waals surface area contributed by atoms with Gasteiger partial charge in [-0.2, -0.15) is 0 Å². The van der Waals surface area contributed by atoms with E-state index in [0.717, 1.165) is 49.4 Å². The summed E-state index contributed by atoms with van der Waals surface area (Å²) in [7, 11) is 0. The summed E-state index contributed by atoms with van der Waals surface area (Å²) in [5.74, 6) is 0.929. The molecule has 2 atom stereocenters. The Morgan fingerprint density at radius 1 is 1.40 bits per heavy atom. The average molecular weight is 342 g/mol. The Labute approximate surface area is 130 Å². The van der Waals surface area contributed by atoms with E-state index in [1.807, 2.05) is 24.3 Å². The predicted octanol–water partition coefficient (Wildman–Crippen LogP) is 3.62. The molecule has 0 spiro atoms. The fraction of sp³-hybridized carbons (Fsp3) is 0.625. The molecule has 1 saturated heterocycles. The van der Waals surface area contributed by atoms with E-state index in [9.17, 15) is 0 Å². The molecule has 0 aliphatic carbocycles. The van der Waals surface area contributed by atoms with E-state index in [-0.39, 0.29) is 5.41 Å². The molecule has 0 radical (unpaired) electrons. The molecule has 1 heterocycles. The molecule has 1 aromatic carbocycles. The van der Waals surface area contributed by atoms with Crippen LogP contribution in [0.5, 0.6) is 5.75 Å². The Morgan fingerprint density at radius 2 is 2.15 bits per heavy atom. The molecule has 2 unspecified atom stereocenters. The molecule has 2 rings (SSSR count). The maximum atomic E-state index is 5.87. The quantitative estimate of drug-likeness (QED) is 0.821. The van der Waals surface area contributed by atoms with Crippen LogP contribution < -0.4 is 10.1 Å². The highest BCUT2D eigenvalue weighted by molar-refractivity contribution is 9.10. The van der Waals surface area contributed by atoms with Crippen molar-refractivity contribution in [3.63, 3.8) is 0 Å². The molecular formula is C16H24BrNO2. The van der Waals surface area contributed by atoms with Crippen molar-refractivity contribution in [2.24, 2.45) is 5.41 Å². The maximum Gasteiger partial charge on any atom is 0.119 e. The van der Waals surface area contributed by atoms with Gasteiger partial charge in [0.1, 0.15) is 5.75 Å². The van der Waals surface area contributed by atoms with Crippen molar-refractivity contribution in [2.75, 3.05) is 26.3 Å². The molecule has 4 heteroatoms. The van der Waals surface area contributed by atoms with Gasteiger partial charge in [-0.15, -0.1) is 0 Å². The van der Waals surface area contributed by atoms with E-state index < -0.39 is 0 Å². The Balaban J connectivity index is 1.87. The summed E-state index contributed by atoms with van der Waals surface area (Å²) < 4.78 is 12.7. The summed E-state index contributed by atoms with van der Waals surface area (Å²) in [5.41, 5.74) is 0.214. The number of nitrogens with one attached hydrogen (secondary N) is 1. The smallest absolute Gasteiger partial charge is 0.119 e. The minimum absolute atomic E-state index is 0.214. The van der Waals surface area contributed by atoms with Crippen LogP contribution in [-0.4, -0.2) is 32.4 Å². The molecule has 0 bridgehead atoms. The maximum absolute atomic E-state index is 5.87. The zero-order valence-electron chi connectivity index (χ0n) is 12.3. The van der Waals surface area contributed by atoms with E-state index in [1.54, 1.807) is 0 Å². The van der Waals surface area contributed by atoms with Crippen LogP contribution in [0.3, 0.4) is 0 Å². The third kappa shape index (κ3) is 3.96. The zero-order chi connectivity index (χ0) is 14.4. The molecule has 3 nitrogen and oxygen atoms in total. The second-order valence-electron chi connectivity index (χ2n) is 5.46. The van der Waals surface area contributed by atoms with Gasteiger partial charge in [-0.05, 0) is 50.6 Å². The van der Waals surface area contributed by atoms with E-state index in [1.165, 1.54) is 0 Å². The van der Waals surface area contributed by atoms with Crippen molar-refractivity contribution in [3.8, 4) is 5.75 Å². The van der Waals surface area contributed by atoms with Gasteiger partial charge in [0, 0.05) is 23.0 Å². The molecular weight excluding hydrogens is 318 g/mol. The summed E-state index contributed by atoms with van der Waals surface area (Å²) in [4.78, 5) is 0. The summed E-state index contributed by atoms with van der Waals surface area (Å²) in [6, 6.07) is 8.00. The van der Waals surface area contributed by atoms with E-state index in [4.69, 9.17) is 9.47 Å². The molecule has 0 saturated carbocycles. The number of benzene rings is 1. The zero-order valence-corrected chi connectivity index (χ0v) is 13.9.